The van der Waals surface area contributed by atoms with Gasteiger partial charge in [-0.05, 0) is 37.3 Å². The molecule has 0 unspecified atom stereocenters. The molecule has 0 amide bonds. The van der Waals surface area contributed by atoms with Gasteiger partial charge in [-0.3, -0.25) is 0 Å². The van der Waals surface area contributed by atoms with Crippen LogP contribution in [0, 0.1) is 0 Å². The molecule has 14 heavy (non-hydrogen) atoms. The summed E-state index contributed by atoms with van der Waals surface area (Å²) in [6, 6.07) is 2.38. The lowest BCUT2D eigenvalue weighted by Crippen LogP contribution is -2.21. The summed E-state index contributed by atoms with van der Waals surface area (Å²) in [5.74, 6) is 0. The van der Waals surface area contributed by atoms with Crippen LogP contribution in [-0.2, 0) is 19.4 Å². The highest BCUT2D eigenvalue weighted by Crippen LogP contribution is 2.29. The Morgan fingerprint density at radius 2 is 2.21 bits per heavy atom. The largest absolute Gasteiger partial charge is 0.329 e. The molecule has 1 aromatic heterocycles. The van der Waals surface area contributed by atoms with E-state index >= 15 is 0 Å². The van der Waals surface area contributed by atoms with Crippen molar-refractivity contribution in [3.05, 3.63) is 21.4 Å². The number of hydrogen-bond donors (Lipinski definition) is 2. The zero-order valence-electron chi connectivity index (χ0n) is 8.51. The number of rotatable bonds is 4. The minimum absolute atomic E-state index is 0.727. The molecule has 0 saturated heterocycles. The molecule has 0 bridgehead atoms. The smallest absolute Gasteiger partial charge is 0.0300 e. The second-order valence-electron chi connectivity index (χ2n) is 3.83. The van der Waals surface area contributed by atoms with Crippen molar-refractivity contribution in [2.45, 2.75) is 32.2 Å². The van der Waals surface area contributed by atoms with Crippen LogP contribution in [-0.4, -0.2) is 13.1 Å². The van der Waals surface area contributed by atoms with Gasteiger partial charge in [0.05, 0.1) is 0 Å². The maximum Gasteiger partial charge on any atom is 0.0300 e. The third kappa shape index (κ3) is 2.35. The Hall–Kier alpha value is -0.380. The first-order chi connectivity index (χ1) is 6.90. The molecule has 78 valence electrons. The van der Waals surface area contributed by atoms with Crippen LogP contribution in [0.4, 0.5) is 0 Å². The van der Waals surface area contributed by atoms with Gasteiger partial charge >= 0.3 is 0 Å². The molecule has 3 heteroatoms. The van der Waals surface area contributed by atoms with E-state index in [2.05, 4.69) is 11.4 Å². The van der Waals surface area contributed by atoms with Gasteiger partial charge < -0.3 is 11.1 Å². The van der Waals surface area contributed by atoms with Crippen molar-refractivity contribution in [2.24, 2.45) is 5.73 Å². The van der Waals surface area contributed by atoms with Crippen molar-refractivity contribution < 1.29 is 0 Å². The molecular formula is C11H18N2S. The summed E-state index contributed by atoms with van der Waals surface area (Å²) in [5, 5.41) is 3.35. The Morgan fingerprint density at radius 3 is 3.00 bits per heavy atom. The van der Waals surface area contributed by atoms with Gasteiger partial charge in [0.15, 0.2) is 0 Å². The third-order valence-electron chi connectivity index (χ3n) is 2.67. The molecule has 0 saturated carbocycles. The number of nitrogens with two attached hydrogens (primary N) is 1. The van der Waals surface area contributed by atoms with Crippen LogP contribution in [0.5, 0.6) is 0 Å². The first-order valence-electron chi connectivity index (χ1n) is 5.41. The normalized spacial score (nSPS) is 15.5. The van der Waals surface area contributed by atoms with Gasteiger partial charge in [0.25, 0.3) is 0 Å². The quantitative estimate of drug-likeness (QED) is 0.742. The average molecular weight is 210 g/mol. The van der Waals surface area contributed by atoms with Gasteiger partial charge in [-0.2, -0.15) is 0 Å². The number of hydrogen-bond acceptors (Lipinski definition) is 3. The fourth-order valence-corrected chi connectivity index (χ4v) is 3.18. The molecule has 0 spiro atoms. The molecule has 1 aromatic rings. The number of fused-ring (bicyclic) bond motifs is 1. The second kappa shape index (κ2) is 4.91. The van der Waals surface area contributed by atoms with Crippen molar-refractivity contribution in [1.29, 1.82) is 0 Å². The fourth-order valence-electron chi connectivity index (χ4n) is 1.95. The number of aryl methyl sites for hydroxylation is 2. The zero-order chi connectivity index (χ0) is 9.80. The van der Waals surface area contributed by atoms with Gasteiger partial charge in [0.1, 0.15) is 0 Å². The molecule has 1 heterocycles. The average Bonchev–Trinajstić information content (AvgIpc) is 2.60. The minimum Gasteiger partial charge on any atom is -0.329 e. The Labute approximate surface area is 89.5 Å². The van der Waals surface area contributed by atoms with Crippen LogP contribution >= 0.6 is 11.3 Å². The van der Waals surface area contributed by atoms with E-state index in [-0.39, 0.29) is 0 Å². The second-order valence-corrected chi connectivity index (χ2v) is 5.05. The Balaban J connectivity index is 1.94. The molecule has 0 atom stereocenters. The van der Waals surface area contributed by atoms with Gasteiger partial charge in [-0.25, -0.2) is 0 Å². The first-order valence-corrected chi connectivity index (χ1v) is 6.23. The highest BCUT2D eigenvalue weighted by Gasteiger charge is 2.12. The third-order valence-corrected chi connectivity index (χ3v) is 3.91. The predicted molar refractivity (Wildman–Crippen MR) is 61.7 cm³/mol. The lowest BCUT2D eigenvalue weighted by molar-refractivity contribution is 0.692. The van der Waals surface area contributed by atoms with Gasteiger partial charge in [-0.15, -0.1) is 11.3 Å². The zero-order valence-corrected chi connectivity index (χ0v) is 9.33. The van der Waals surface area contributed by atoms with Crippen LogP contribution in [0.2, 0.25) is 0 Å². The summed E-state index contributed by atoms with van der Waals surface area (Å²) in [6.45, 7) is 2.64. The number of thiophene rings is 1. The standard InChI is InChI=1S/C11H18N2S/c12-5-6-13-8-10-7-9-3-1-2-4-11(9)14-10/h7,13H,1-6,8,12H2. The van der Waals surface area contributed by atoms with Gasteiger partial charge in [0, 0.05) is 29.4 Å². The SMILES string of the molecule is NCCNCc1cc2c(s1)CCCC2. The molecule has 2 nitrogen and oxygen atoms in total. The Kier molecular flexibility index (Phi) is 3.56. The fraction of sp³-hybridized carbons (Fsp3) is 0.636. The summed E-state index contributed by atoms with van der Waals surface area (Å²) in [5.41, 5.74) is 7.03. The van der Waals surface area contributed by atoms with Crippen LogP contribution in [0.3, 0.4) is 0 Å². The van der Waals surface area contributed by atoms with Crippen molar-refractivity contribution >= 4 is 11.3 Å². The van der Waals surface area contributed by atoms with Crippen LogP contribution in [0.25, 0.3) is 0 Å². The van der Waals surface area contributed by atoms with E-state index in [0.717, 1.165) is 19.6 Å². The van der Waals surface area contributed by atoms with Crippen molar-refractivity contribution in [3.8, 4) is 0 Å². The van der Waals surface area contributed by atoms with E-state index in [0.29, 0.717) is 0 Å². The monoisotopic (exact) mass is 210 g/mol. The lowest BCUT2D eigenvalue weighted by Gasteiger charge is -2.08. The van der Waals surface area contributed by atoms with Crippen LogP contribution in [0.1, 0.15) is 28.2 Å². The molecule has 0 aliphatic heterocycles. The van der Waals surface area contributed by atoms with Crippen molar-refractivity contribution in [3.63, 3.8) is 0 Å². The Morgan fingerprint density at radius 1 is 1.36 bits per heavy atom. The molecule has 0 aromatic carbocycles. The van der Waals surface area contributed by atoms with Crippen LogP contribution in [0.15, 0.2) is 6.07 Å². The lowest BCUT2D eigenvalue weighted by atomic mass is 9.99. The van der Waals surface area contributed by atoms with Crippen molar-refractivity contribution in [1.82, 2.24) is 5.32 Å². The summed E-state index contributed by atoms with van der Waals surface area (Å²) in [6.07, 6.45) is 5.35. The summed E-state index contributed by atoms with van der Waals surface area (Å²) < 4.78 is 0. The molecule has 1 aliphatic rings. The van der Waals surface area contributed by atoms with E-state index in [1.54, 1.807) is 10.4 Å². The maximum absolute atomic E-state index is 5.43. The van der Waals surface area contributed by atoms with E-state index in [9.17, 15) is 0 Å². The summed E-state index contributed by atoms with van der Waals surface area (Å²) in [4.78, 5) is 3.10. The summed E-state index contributed by atoms with van der Waals surface area (Å²) >= 11 is 1.98. The number of nitrogens with one attached hydrogen (secondary N) is 1. The molecular weight excluding hydrogens is 192 g/mol. The van der Waals surface area contributed by atoms with E-state index < -0.39 is 0 Å². The Bertz CT molecular complexity index is 270. The minimum atomic E-state index is 0.727. The molecule has 1 aliphatic carbocycles. The van der Waals surface area contributed by atoms with Crippen LogP contribution < -0.4 is 11.1 Å². The summed E-state index contributed by atoms with van der Waals surface area (Å²) in [7, 11) is 0. The highest BCUT2D eigenvalue weighted by atomic mass is 32.1. The van der Waals surface area contributed by atoms with E-state index in [4.69, 9.17) is 5.73 Å². The molecule has 2 rings (SSSR count). The van der Waals surface area contributed by atoms with Gasteiger partial charge in [0.2, 0.25) is 0 Å². The topological polar surface area (TPSA) is 38.0 Å². The highest BCUT2D eigenvalue weighted by molar-refractivity contribution is 7.12. The first kappa shape index (κ1) is 10.1. The molecule has 0 fully saturated rings. The van der Waals surface area contributed by atoms with E-state index in [1.165, 1.54) is 30.6 Å². The molecule has 0 radical (unpaired) electrons. The van der Waals surface area contributed by atoms with E-state index in [1.807, 2.05) is 11.3 Å². The maximum atomic E-state index is 5.43. The van der Waals surface area contributed by atoms with Gasteiger partial charge in [-0.1, -0.05) is 0 Å². The van der Waals surface area contributed by atoms with Crippen molar-refractivity contribution in [2.75, 3.05) is 13.1 Å². The predicted octanol–water partition coefficient (Wildman–Crippen LogP) is 1.68. The molecule has 3 N–H and O–H groups in total.